The Balaban J connectivity index is 2.86. The van der Waals surface area contributed by atoms with Gasteiger partial charge >= 0.3 is 0 Å². The van der Waals surface area contributed by atoms with Gasteiger partial charge in [0.25, 0.3) is 5.91 Å². The number of amides is 1. The molecule has 0 aliphatic rings. The highest BCUT2D eigenvalue weighted by Gasteiger charge is 2.16. The van der Waals surface area contributed by atoms with Gasteiger partial charge in [0.05, 0.1) is 4.90 Å². The largest absolute Gasteiger partial charge is 0.350 e. The summed E-state index contributed by atoms with van der Waals surface area (Å²) in [6, 6.07) is 5.84. The highest BCUT2D eigenvalue weighted by atomic mass is 32.2. The highest BCUT2D eigenvalue weighted by molar-refractivity contribution is 7.89. The maximum absolute atomic E-state index is 11.9. The summed E-state index contributed by atoms with van der Waals surface area (Å²) in [6.45, 7) is 7.42. The molecular formula is C14H22N2O3S. The van der Waals surface area contributed by atoms with E-state index in [9.17, 15) is 13.2 Å². The highest BCUT2D eigenvalue weighted by Crippen LogP contribution is 2.11. The average molecular weight is 298 g/mol. The molecule has 0 saturated heterocycles. The Morgan fingerprint density at radius 2 is 1.70 bits per heavy atom. The third-order valence-electron chi connectivity index (χ3n) is 2.81. The van der Waals surface area contributed by atoms with Gasteiger partial charge in [-0.2, -0.15) is 0 Å². The lowest BCUT2D eigenvalue weighted by Crippen LogP contribution is -2.32. The van der Waals surface area contributed by atoms with Crippen molar-refractivity contribution in [3.8, 4) is 0 Å². The van der Waals surface area contributed by atoms with E-state index in [-0.39, 0.29) is 22.9 Å². The molecule has 1 aromatic carbocycles. The third-order valence-corrected chi connectivity index (χ3v) is 4.48. The van der Waals surface area contributed by atoms with E-state index in [4.69, 9.17) is 0 Å². The standard InChI is InChI=1S/C14H22N2O3S/c1-5-11(4)15-14(17)12-6-8-13(9-7-12)20(18,19)16-10(2)3/h6-11,16H,5H2,1-4H3,(H,15,17). The average Bonchev–Trinajstić information content (AvgIpc) is 2.37. The number of benzene rings is 1. The molecule has 1 aromatic rings. The summed E-state index contributed by atoms with van der Waals surface area (Å²) in [7, 11) is -3.51. The van der Waals surface area contributed by atoms with Crippen LogP contribution in [0.1, 0.15) is 44.5 Å². The minimum absolute atomic E-state index is 0.0912. The van der Waals surface area contributed by atoms with Crippen molar-refractivity contribution in [3.63, 3.8) is 0 Å². The molecule has 0 heterocycles. The van der Waals surface area contributed by atoms with Crippen molar-refractivity contribution in [1.29, 1.82) is 0 Å². The third kappa shape index (κ3) is 4.61. The minimum Gasteiger partial charge on any atom is -0.350 e. The number of nitrogens with one attached hydrogen (secondary N) is 2. The number of hydrogen-bond donors (Lipinski definition) is 2. The molecule has 0 fully saturated rings. The Labute approximate surface area is 120 Å². The molecule has 0 saturated carbocycles. The van der Waals surface area contributed by atoms with Crippen LogP contribution in [0.25, 0.3) is 0 Å². The zero-order chi connectivity index (χ0) is 15.3. The van der Waals surface area contributed by atoms with Crippen LogP contribution in [-0.4, -0.2) is 26.4 Å². The molecule has 0 aliphatic carbocycles. The number of rotatable bonds is 6. The van der Waals surface area contributed by atoms with Gasteiger partial charge in [-0.25, -0.2) is 13.1 Å². The number of sulfonamides is 1. The van der Waals surface area contributed by atoms with E-state index >= 15 is 0 Å². The molecule has 6 heteroatoms. The van der Waals surface area contributed by atoms with Crippen LogP contribution in [-0.2, 0) is 10.0 Å². The van der Waals surface area contributed by atoms with Crippen molar-refractivity contribution in [2.75, 3.05) is 0 Å². The lowest BCUT2D eigenvalue weighted by atomic mass is 10.2. The van der Waals surface area contributed by atoms with Gasteiger partial charge in [0.2, 0.25) is 10.0 Å². The molecule has 1 rings (SSSR count). The summed E-state index contributed by atoms with van der Waals surface area (Å²) in [5.74, 6) is -0.194. The molecule has 0 aliphatic heterocycles. The van der Waals surface area contributed by atoms with E-state index < -0.39 is 10.0 Å². The molecular weight excluding hydrogens is 276 g/mol. The normalized spacial score (nSPS) is 13.2. The van der Waals surface area contributed by atoms with Gasteiger partial charge in [0.1, 0.15) is 0 Å². The van der Waals surface area contributed by atoms with Crippen molar-refractivity contribution in [3.05, 3.63) is 29.8 Å². The fraction of sp³-hybridized carbons (Fsp3) is 0.500. The SMILES string of the molecule is CCC(C)NC(=O)c1ccc(S(=O)(=O)NC(C)C)cc1. The first-order chi connectivity index (χ1) is 9.26. The molecule has 0 spiro atoms. The summed E-state index contributed by atoms with van der Waals surface area (Å²) in [5, 5.41) is 2.83. The predicted octanol–water partition coefficient (Wildman–Crippen LogP) is 1.90. The Bertz CT molecular complexity index is 550. The zero-order valence-corrected chi connectivity index (χ0v) is 13.1. The van der Waals surface area contributed by atoms with Gasteiger partial charge in [-0.15, -0.1) is 0 Å². The van der Waals surface area contributed by atoms with Crippen LogP contribution in [0.2, 0.25) is 0 Å². The van der Waals surface area contributed by atoms with E-state index in [0.29, 0.717) is 5.56 Å². The molecule has 112 valence electrons. The second kappa shape index (κ2) is 6.85. The maximum atomic E-state index is 11.9. The molecule has 0 aromatic heterocycles. The van der Waals surface area contributed by atoms with Crippen molar-refractivity contribution < 1.29 is 13.2 Å². The Kier molecular flexibility index (Phi) is 5.71. The number of hydrogen-bond acceptors (Lipinski definition) is 3. The zero-order valence-electron chi connectivity index (χ0n) is 12.3. The molecule has 1 unspecified atom stereocenters. The lowest BCUT2D eigenvalue weighted by Gasteiger charge is -2.12. The summed E-state index contributed by atoms with van der Waals surface area (Å²) >= 11 is 0. The van der Waals surface area contributed by atoms with E-state index in [2.05, 4.69) is 10.0 Å². The van der Waals surface area contributed by atoms with Crippen molar-refractivity contribution in [1.82, 2.24) is 10.0 Å². The first-order valence-electron chi connectivity index (χ1n) is 6.69. The Morgan fingerprint density at radius 3 is 2.15 bits per heavy atom. The topological polar surface area (TPSA) is 75.3 Å². The van der Waals surface area contributed by atoms with Crippen LogP contribution in [0.15, 0.2) is 29.2 Å². The minimum atomic E-state index is -3.51. The molecule has 0 bridgehead atoms. The summed E-state index contributed by atoms with van der Waals surface area (Å²) in [5.41, 5.74) is 0.453. The van der Waals surface area contributed by atoms with E-state index in [1.165, 1.54) is 24.3 Å². The number of carbonyl (C=O) groups excluding carboxylic acids is 1. The molecule has 1 atom stereocenters. The van der Waals surface area contributed by atoms with Crippen LogP contribution in [0.3, 0.4) is 0 Å². The molecule has 5 nitrogen and oxygen atoms in total. The van der Waals surface area contributed by atoms with Crippen LogP contribution in [0.4, 0.5) is 0 Å². The monoisotopic (exact) mass is 298 g/mol. The van der Waals surface area contributed by atoms with Crippen LogP contribution >= 0.6 is 0 Å². The second-order valence-corrected chi connectivity index (χ2v) is 6.80. The second-order valence-electron chi connectivity index (χ2n) is 5.08. The van der Waals surface area contributed by atoms with Crippen LogP contribution in [0, 0.1) is 0 Å². The van der Waals surface area contributed by atoms with Crippen molar-refractivity contribution in [2.45, 2.75) is 51.1 Å². The van der Waals surface area contributed by atoms with Crippen molar-refractivity contribution >= 4 is 15.9 Å². The van der Waals surface area contributed by atoms with Crippen LogP contribution < -0.4 is 10.0 Å². The van der Waals surface area contributed by atoms with Gasteiger partial charge in [-0.05, 0) is 51.5 Å². The lowest BCUT2D eigenvalue weighted by molar-refractivity contribution is 0.0939. The quantitative estimate of drug-likeness (QED) is 0.842. The summed E-state index contributed by atoms with van der Waals surface area (Å²) < 4.78 is 26.4. The van der Waals surface area contributed by atoms with Gasteiger partial charge < -0.3 is 5.32 Å². The first kappa shape index (κ1) is 16.7. The molecule has 0 radical (unpaired) electrons. The molecule has 1 amide bonds. The molecule has 2 N–H and O–H groups in total. The summed E-state index contributed by atoms with van der Waals surface area (Å²) in [6.07, 6.45) is 0.844. The van der Waals surface area contributed by atoms with E-state index in [1.54, 1.807) is 13.8 Å². The van der Waals surface area contributed by atoms with Gasteiger partial charge in [-0.1, -0.05) is 6.92 Å². The molecule has 20 heavy (non-hydrogen) atoms. The fourth-order valence-electron chi connectivity index (χ4n) is 1.57. The van der Waals surface area contributed by atoms with Crippen LogP contribution in [0.5, 0.6) is 0 Å². The van der Waals surface area contributed by atoms with Gasteiger partial charge in [0, 0.05) is 17.6 Å². The Hall–Kier alpha value is -1.40. The van der Waals surface area contributed by atoms with Crippen molar-refractivity contribution in [2.24, 2.45) is 0 Å². The summed E-state index contributed by atoms with van der Waals surface area (Å²) in [4.78, 5) is 12.0. The maximum Gasteiger partial charge on any atom is 0.251 e. The smallest absolute Gasteiger partial charge is 0.251 e. The van der Waals surface area contributed by atoms with E-state index in [1.807, 2.05) is 13.8 Å². The van der Waals surface area contributed by atoms with Gasteiger partial charge in [-0.3, -0.25) is 4.79 Å². The van der Waals surface area contributed by atoms with E-state index in [0.717, 1.165) is 6.42 Å². The van der Waals surface area contributed by atoms with Gasteiger partial charge in [0.15, 0.2) is 0 Å². The fourth-order valence-corrected chi connectivity index (χ4v) is 2.82. The first-order valence-corrected chi connectivity index (χ1v) is 8.17. The predicted molar refractivity (Wildman–Crippen MR) is 79.1 cm³/mol. The Morgan fingerprint density at radius 1 is 1.15 bits per heavy atom. The number of carbonyl (C=O) groups is 1.